The summed E-state index contributed by atoms with van der Waals surface area (Å²) in [6.07, 6.45) is 12.2. The van der Waals surface area contributed by atoms with Crippen molar-refractivity contribution in [2.45, 2.75) is 31.6 Å². The van der Waals surface area contributed by atoms with Crippen LogP contribution in [0.5, 0.6) is 0 Å². The SMILES string of the molecule is C1=CC(C2CCC(c3ccccc3)C2)=CC1. The summed E-state index contributed by atoms with van der Waals surface area (Å²) >= 11 is 0. The maximum atomic E-state index is 2.40. The summed E-state index contributed by atoms with van der Waals surface area (Å²) in [7, 11) is 0. The van der Waals surface area contributed by atoms with E-state index < -0.39 is 0 Å². The molecule has 0 bridgehead atoms. The van der Waals surface area contributed by atoms with E-state index in [2.05, 4.69) is 48.6 Å². The molecule has 2 aliphatic rings. The van der Waals surface area contributed by atoms with Crippen molar-refractivity contribution in [1.82, 2.24) is 0 Å². The summed E-state index contributed by atoms with van der Waals surface area (Å²) in [5.74, 6) is 1.62. The molecule has 1 fully saturated rings. The molecular weight excluding hydrogens is 192 g/mol. The van der Waals surface area contributed by atoms with Crippen molar-refractivity contribution in [3.05, 3.63) is 59.7 Å². The summed E-state index contributed by atoms with van der Waals surface area (Å²) < 4.78 is 0. The first-order chi connectivity index (χ1) is 7.93. The molecule has 0 radical (unpaired) electrons. The lowest BCUT2D eigenvalue weighted by Gasteiger charge is -2.11. The molecule has 1 aromatic rings. The van der Waals surface area contributed by atoms with E-state index in [1.807, 2.05) is 0 Å². The van der Waals surface area contributed by atoms with Gasteiger partial charge in [-0.2, -0.15) is 0 Å². The van der Waals surface area contributed by atoms with Crippen molar-refractivity contribution in [1.29, 1.82) is 0 Å². The molecule has 0 nitrogen and oxygen atoms in total. The molecule has 0 aliphatic heterocycles. The van der Waals surface area contributed by atoms with Gasteiger partial charge in [-0.1, -0.05) is 48.6 Å². The highest BCUT2D eigenvalue weighted by Crippen LogP contribution is 2.42. The van der Waals surface area contributed by atoms with E-state index >= 15 is 0 Å². The fraction of sp³-hybridized carbons (Fsp3) is 0.375. The standard InChI is InChI=1S/C16H18/c1-2-6-13(7-3-1)15-10-11-16(12-15)14-8-4-5-9-14/h1-4,6-9,15-16H,5,10-12H2. The van der Waals surface area contributed by atoms with Gasteiger partial charge in [0.05, 0.1) is 0 Å². The zero-order valence-corrected chi connectivity index (χ0v) is 9.60. The van der Waals surface area contributed by atoms with Gasteiger partial charge in [0, 0.05) is 0 Å². The average Bonchev–Trinajstić information content (AvgIpc) is 3.01. The first-order valence-electron chi connectivity index (χ1n) is 6.35. The summed E-state index contributed by atoms with van der Waals surface area (Å²) in [5.41, 5.74) is 3.13. The quantitative estimate of drug-likeness (QED) is 0.676. The third-order valence-electron chi connectivity index (χ3n) is 3.97. The number of benzene rings is 1. The summed E-state index contributed by atoms with van der Waals surface area (Å²) in [6.45, 7) is 0. The Labute approximate surface area is 97.7 Å². The Kier molecular flexibility index (Phi) is 2.65. The molecule has 0 heteroatoms. The third kappa shape index (κ3) is 1.84. The summed E-state index contributed by atoms with van der Waals surface area (Å²) in [5, 5.41) is 0. The second-order valence-corrected chi connectivity index (χ2v) is 4.96. The van der Waals surface area contributed by atoms with Gasteiger partial charge in [-0.05, 0) is 48.7 Å². The first-order valence-corrected chi connectivity index (χ1v) is 6.35. The van der Waals surface area contributed by atoms with Gasteiger partial charge in [-0.3, -0.25) is 0 Å². The maximum absolute atomic E-state index is 2.40. The molecule has 0 spiro atoms. The highest BCUT2D eigenvalue weighted by molar-refractivity contribution is 5.31. The van der Waals surface area contributed by atoms with Gasteiger partial charge in [-0.25, -0.2) is 0 Å². The molecule has 0 heterocycles. The van der Waals surface area contributed by atoms with Crippen LogP contribution in [0.25, 0.3) is 0 Å². The molecule has 0 saturated heterocycles. The van der Waals surface area contributed by atoms with E-state index in [0.29, 0.717) is 0 Å². The second-order valence-electron chi connectivity index (χ2n) is 4.96. The number of rotatable bonds is 2. The van der Waals surface area contributed by atoms with Crippen molar-refractivity contribution in [2.75, 3.05) is 0 Å². The lowest BCUT2D eigenvalue weighted by Crippen LogP contribution is -1.97. The van der Waals surface area contributed by atoms with Gasteiger partial charge in [0.1, 0.15) is 0 Å². The van der Waals surface area contributed by atoms with E-state index in [4.69, 9.17) is 0 Å². The van der Waals surface area contributed by atoms with Gasteiger partial charge in [0.15, 0.2) is 0 Å². The van der Waals surface area contributed by atoms with Crippen LogP contribution in [-0.2, 0) is 0 Å². The van der Waals surface area contributed by atoms with Gasteiger partial charge >= 0.3 is 0 Å². The van der Waals surface area contributed by atoms with Gasteiger partial charge < -0.3 is 0 Å². The molecule has 3 rings (SSSR count). The first kappa shape index (κ1) is 9.89. The van der Waals surface area contributed by atoms with E-state index in [1.54, 1.807) is 5.57 Å². The number of allylic oxidation sites excluding steroid dienone is 4. The molecule has 0 N–H and O–H groups in total. The Morgan fingerprint density at radius 2 is 1.75 bits per heavy atom. The van der Waals surface area contributed by atoms with Gasteiger partial charge in [-0.15, -0.1) is 0 Å². The van der Waals surface area contributed by atoms with Crippen molar-refractivity contribution in [3.8, 4) is 0 Å². The lowest BCUT2D eigenvalue weighted by atomic mass is 9.93. The average molecular weight is 210 g/mol. The Morgan fingerprint density at radius 1 is 0.938 bits per heavy atom. The fourth-order valence-electron chi connectivity index (χ4n) is 3.09. The number of hydrogen-bond donors (Lipinski definition) is 0. The Balaban J connectivity index is 1.72. The monoisotopic (exact) mass is 210 g/mol. The normalized spacial score (nSPS) is 28.4. The fourth-order valence-corrected chi connectivity index (χ4v) is 3.09. The summed E-state index contributed by atoms with van der Waals surface area (Å²) in [6, 6.07) is 11.0. The van der Waals surface area contributed by atoms with Crippen LogP contribution < -0.4 is 0 Å². The van der Waals surface area contributed by atoms with E-state index in [-0.39, 0.29) is 0 Å². The molecule has 1 saturated carbocycles. The maximum Gasteiger partial charge on any atom is -0.0156 e. The molecule has 82 valence electrons. The highest BCUT2D eigenvalue weighted by Gasteiger charge is 2.27. The van der Waals surface area contributed by atoms with Crippen LogP contribution >= 0.6 is 0 Å². The number of hydrogen-bond acceptors (Lipinski definition) is 0. The predicted molar refractivity (Wildman–Crippen MR) is 68.4 cm³/mol. The Morgan fingerprint density at radius 3 is 2.50 bits per heavy atom. The van der Waals surface area contributed by atoms with Crippen molar-refractivity contribution in [3.63, 3.8) is 0 Å². The smallest absolute Gasteiger partial charge is 0.0156 e. The zero-order chi connectivity index (χ0) is 10.8. The lowest BCUT2D eigenvalue weighted by molar-refractivity contribution is 0.637. The largest absolute Gasteiger partial charge is 0.0805 e. The molecule has 0 amide bonds. The van der Waals surface area contributed by atoms with Crippen LogP contribution in [0.1, 0.15) is 37.2 Å². The van der Waals surface area contributed by atoms with Crippen LogP contribution in [0.4, 0.5) is 0 Å². The molecule has 2 aliphatic carbocycles. The van der Waals surface area contributed by atoms with Crippen LogP contribution in [0.15, 0.2) is 54.1 Å². The zero-order valence-electron chi connectivity index (χ0n) is 9.60. The van der Waals surface area contributed by atoms with Gasteiger partial charge in [0.25, 0.3) is 0 Å². The predicted octanol–water partition coefficient (Wildman–Crippen LogP) is 4.46. The van der Waals surface area contributed by atoms with Crippen molar-refractivity contribution in [2.24, 2.45) is 5.92 Å². The Hall–Kier alpha value is -1.30. The minimum absolute atomic E-state index is 0.793. The van der Waals surface area contributed by atoms with Crippen LogP contribution in [0.2, 0.25) is 0 Å². The third-order valence-corrected chi connectivity index (χ3v) is 3.97. The van der Waals surface area contributed by atoms with Gasteiger partial charge in [0.2, 0.25) is 0 Å². The highest BCUT2D eigenvalue weighted by atomic mass is 14.3. The molecular formula is C16H18. The van der Waals surface area contributed by atoms with Crippen LogP contribution in [0, 0.1) is 5.92 Å². The van der Waals surface area contributed by atoms with E-state index in [1.165, 1.54) is 24.8 Å². The summed E-state index contributed by atoms with van der Waals surface area (Å²) in [4.78, 5) is 0. The van der Waals surface area contributed by atoms with Crippen LogP contribution in [-0.4, -0.2) is 0 Å². The van der Waals surface area contributed by atoms with E-state index in [0.717, 1.165) is 18.3 Å². The molecule has 16 heavy (non-hydrogen) atoms. The van der Waals surface area contributed by atoms with Crippen molar-refractivity contribution >= 4 is 0 Å². The van der Waals surface area contributed by atoms with Crippen LogP contribution in [0.3, 0.4) is 0 Å². The minimum Gasteiger partial charge on any atom is -0.0805 e. The molecule has 0 aromatic heterocycles. The minimum atomic E-state index is 0.793. The molecule has 2 atom stereocenters. The second kappa shape index (κ2) is 4.29. The Bertz CT molecular complexity index is 411. The molecule has 2 unspecified atom stereocenters. The topological polar surface area (TPSA) is 0 Å². The van der Waals surface area contributed by atoms with Crippen molar-refractivity contribution < 1.29 is 0 Å². The van der Waals surface area contributed by atoms with E-state index in [9.17, 15) is 0 Å². The molecule has 1 aromatic carbocycles.